The lowest BCUT2D eigenvalue weighted by atomic mass is 10.2. The highest BCUT2D eigenvalue weighted by molar-refractivity contribution is 5.87. The molecule has 0 saturated carbocycles. The van der Waals surface area contributed by atoms with Gasteiger partial charge in [0.2, 0.25) is 0 Å². The molecule has 1 aromatic carbocycles. The molecule has 1 saturated heterocycles. The van der Waals surface area contributed by atoms with Gasteiger partial charge in [-0.3, -0.25) is 0 Å². The second-order valence-corrected chi connectivity index (χ2v) is 5.77. The van der Waals surface area contributed by atoms with Gasteiger partial charge in [0.05, 0.1) is 23.9 Å². The number of hydrogen-bond acceptors (Lipinski definition) is 5. The molecule has 1 aliphatic heterocycles. The molecule has 6 heteroatoms. The fourth-order valence-electron chi connectivity index (χ4n) is 3.03. The van der Waals surface area contributed by atoms with Crippen molar-refractivity contribution in [1.29, 1.82) is 0 Å². The summed E-state index contributed by atoms with van der Waals surface area (Å²) >= 11 is 0. The smallest absolute Gasteiger partial charge is 0.168 e. The zero-order valence-corrected chi connectivity index (χ0v) is 13.1. The molecule has 2 aromatic heterocycles. The molecule has 3 heterocycles. The van der Waals surface area contributed by atoms with E-state index < -0.39 is 0 Å². The Morgan fingerprint density at radius 1 is 1.13 bits per heavy atom. The molecule has 0 bridgehead atoms. The van der Waals surface area contributed by atoms with Gasteiger partial charge < -0.3 is 9.64 Å². The molecule has 1 aliphatic rings. The van der Waals surface area contributed by atoms with Gasteiger partial charge in [0.25, 0.3) is 0 Å². The van der Waals surface area contributed by atoms with E-state index in [1.165, 1.54) is 0 Å². The van der Waals surface area contributed by atoms with Crippen LogP contribution in [0.1, 0.15) is 13.3 Å². The third-order valence-corrected chi connectivity index (χ3v) is 4.31. The largest absolute Gasteiger partial charge is 0.380 e. The van der Waals surface area contributed by atoms with E-state index in [1.54, 1.807) is 6.33 Å². The molecular weight excluding hydrogens is 290 g/mol. The lowest BCUT2D eigenvalue weighted by Crippen LogP contribution is -2.34. The standard InChI is InChI=1S/C17H19N5O/c1-13-7-9-23-10-8-21(13)16-15-11-20-22(17(15)19-12-18-16)14-5-3-2-4-6-14/h2-6,11-13H,7-10H2,1H3/t13-/m1/s1. The van der Waals surface area contributed by atoms with Crippen LogP contribution in [0.4, 0.5) is 5.82 Å². The van der Waals surface area contributed by atoms with Crippen LogP contribution in [-0.4, -0.2) is 45.5 Å². The summed E-state index contributed by atoms with van der Waals surface area (Å²) in [6.07, 6.45) is 4.48. The number of para-hydroxylation sites is 1. The molecule has 0 radical (unpaired) electrons. The number of fused-ring (bicyclic) bond motifs is 1. The second kappa shape index (κ2) is 5.96. The minimum atomic E-state index is 0.385. The molecule has 0 N–H and O–H groups in total. The third-order valence-electron chi connectivity index (χ3n) is 4.31. The van der Waals surface area contributed by atoms with Crippen LogP contribution in [0.2, 0.25) is 0 Å². The van der Waals surface area contributed by atoms with Gasteiger partial charge in [-0.2, -0.15) is 5.10 Å². The maximum absolute atomic E-state index is 5.60. The zero-order valence-electron chi connectivity index (χ0n) is 13.1. The SMILES string of the molecule is C[C@@H]1CCOCCN1c1ncnc2c1cnn2-c1ccccc1. The van der Waals surface area contributed by atoms with Crippen molar-refractivity contribution in [3.05, 3.63) is 42.9 Å². The zero-order chi connectivity index (χ0) is 15.6. The monoisotopic (exact) mass is 309 g/mol. The molecule has 0 spiro atoms. The predicted molar refractivity (Wildman–Crippen MR) is 88.9 cm³/mol. The van der Waals surface area contributed by atoms with Crippen molar-refractivity contribution in [2.75, 3.05) is 24.7 Å². The maximum atomic E-state index is 5.60. The molecule has 4 rings (SSSR count). The van der Waals surface area contributed by atoms with Crippen LogP contribution in [0, 0.1) is 0 Å². The summed E-state index contributed by atoms with van der Waals surface area (Å²) in [4.78, 5) is 11.3. The van der Waals surface area contributed by atoms with Gasteiger partial charge in [0, 0.05) is 19.2 Å². The molecule has 3 aromatic rings. The molecule has 23 heavy (non-hydrogen) atoms. The predicted octanol–water partition coefficient (Wildman–Crippen LogP) is 2.43. The van der Waals surface area contributed by atoms with E-state index >= 15 is 0 Å². The summed E-state index contributed by atoms with van der Waals surface area (Å²) in [5.74, 6) is 0.940. The van der Waals surface area contributed by atoms with E-state index in [4.69, 9.17) is 4.74 Å². The molecule has 6 nitrogen and oxygen atoms in total. The van der Waals surface area contributed by atoms with E-state index in [9.17, 15) is 0 Å². The van der Waals surface area contributed by atoms with Crippen molar-refractivity contribution in [3.63, 3.8) is 0 Å². The Morgan fingerprint density at radius 3 is 2.87 bits per heavy atom. The summed E-state index contributed by atoms with van der Waals surface area (Å²) in [6.45, 7) is 4.58. The van der Waals surface area contributed by atoms with Crippen molar-refractivity contribution in [1.82, 2.24) is 19.7 Å². The number of rotatable bonds is 2. The van der Waals surface area contributed by atoms with Gasteiger partial charge in [0.15, 0.2) is 5.65 Å². The Morgan fingerprint density at radius 2 is 2.00 bits per heavy atom. The highest BCUT2D eigenvalue weighted by Gasteiger charge is 2.22. The molecule has 1 fully saturated rings. The Kier molecular flexibility index (Phi) is 3.67. The topological polar surface area (TPSA) is 56.1 Å². The Balaban J connectivity index is 1.81. The van der Waals surface area contributed by atoms with Crippen LogP contribution in [0.5, 0.6) is 0 Å². The molecule has 1 atom stereocenters. The average molecular weight is 309 g/mol. The lowest BCUT2D eigenvalue weighted by molar-refractivity contribution is 0.150. The summed E-state index contributed by atoms with van der Waals surface area (Å²) in [5.41, 5.74) is 1.83. The Labute approximate surface area is 134 Å². The fraction of sp³-hybridized carbons (Fsp3) is 0.353. The number of ether oxygens (including phenoxy) is 1. The minimum absolute atomic E-state index is 0.385. The molecule has 0 amide bonds. The van der Waals surface area contributed by atoms with Crippen LogP contribution in [-0.2, 0) is 4.74 Å². The first-order valence-corrected chi connectivity index (χ1v) is 7.93. The van der Waals surface area contributed by atoms with Crippen LogP contribution < -0.4 is 4.90 Å². The summed E-state index contributed by atoms with van der Waals surface area (Å²) < 4.78 is 7.46. The van der Waals surface area contributed by atoms with Crippen LogP contribution in [0.15, 0.2) is 42.9 Å². The van der Waals surface area contributed by atoms with E-state index in [2.05, 4.69) is 26.9 Å². The van der Waals surface area contributed by atoms with E-state index in [-0.39, 0.29) is 0 Å². The number of aromatic nitrogens is 4. The molecular formula is C17H19N5O. The van der Waals surface area contributed by atoms with Crippen molar-refractivity contribution in [2.45, 2.75) is 19.4 Å². The van der Waals surface area contributed by atoms with Gasteiger partial charge in [-0.05, 0) is 25.5 Å². The summed E-state index contributed by atoms with van der Waals surface area (Å²) in [7, 11) is 0. The summed E-state index contributed by atoms with van der Waals surface area (Å²) in [5, 5.41) is 5.50. The molecule has 118 valence electrons. The number of nitrogens with zero attached hydrogens (tertiary/aromatic N) is 5. The van der Waals surface area contributed by atoms with Gasteiger partial charge >= 0.3 is 0 Å². The van der Waals surface area contributed by atoms with E-state index in [0.717, 1.165) is 48.7 Å². The van der Waals surface area contributed by atoms with Crippen LogP contribution in [0.3, 0.4) is 0 Å². The highest BCUT2D eigenvalue weighted by Crippen LogP contribution is 2.27. The Bertz CT molecular complexity index is 801. The first-order valence-electron chi connectivity index (χ1n) is 7.93. The van der Waals surface area contributed by atoms with Crippen molar-refractivity contribution < 1.29 is 4.74 Å². The quantitative estimate of drug-likeness (QED) is 0.728. The molecule has 0 aliphatic carbocycles. The second-order valence-electron chi connectivity index (χ2n) is 5.77. The van der Waals surface area contributed by atoms with Gasteiger partial charge in [-0.15, -0.1) is 0 Å². The van der Waals surface area contributed by atoms with Crippen LogP contribution >= 0.6 is 0 Å². The lowest BCUT2D eigenvalue weighted by Gasteiger charge is -2.27. The van der Waals surface area contributed by atoms with Crippen LogP contribution in [0.25, 0.3) is 16.7 Å². The van der Waals surface area contributed by atoms with Crippen molar-refractivity contribution >= 4 is 16.9 Å². The number of benzene rings is 1. The normalized spacial score (nSPS) is 19.0. The van der Waals surface area contributed by atoms with Crippen molar-refractivity contribution in [3.8, 4) is 5.69 Å². The van der Waals surface area contributed by atoms with Gasteiger partial charge in [-0.25, -0.2) is 14.6 Å². The maximum Gasteiger partial charge on any atom is 0.168 e. The van der Waals surface area contributed by atoms with Crippen molar-refractivity contribution in [2.24, 2.45) is 0 Å². The third kappa shape index (κ3) is 2.55. The summed E-state index contributed by atoms with van der Waals surface area (Å²) in [6, 6.07) is 10.4. The first-order chi connectivity index (χ1) is 11.3. The number of hydrogen-bond donors (Lipinski definition) is 0. The highest BCUT2D eigenvalue weighted by atomic mass is 16.5. The first kappa shape index (κ1) is 14.1. The number of anilines is 1. The minimum Gasteiger partial charge on any atom is -0.380 e. The van der Waals surface area contributed by atoms with E-state index in [1.807, 2.05) is 41.2 Å². The molecule has 0 unspecified atom stereocenters. The van der Waals surface area contributed by atoms with Gasteiger partial charge in [-0.1, -0.05) is 18.2 Å². The Hall–Kier alpha value is -2.47. The van der Waals surface area contributed by atoms with Gasteiger partial charge in [0.1, 0.15) is 12.1 Å². The fourth-order valence-corrected chi connectivity index (χ4v) is 3.03. The average Bonchev–Trinajstić information content (AvgIpc) is 2.92. The van der Waals surface area contributed by atoms with E-state index in [0.29, 0.717) is 6.04 Å².